The number of pyridine rings is 2. The molecule has 2 fully saturated rings. The predicted octanol–water partition coefficient (Wildman–Crippen LogP) is 1.36. The Morgan fingerprint density at radius 1 is 1.17 bits per heavy atom. The number of carbonyl (C=O) groups excluding carboxylic acids is 2. The van der Waals surface area contributed by atoms with E-state index >= 15 is 0 Å². The van der Waals surface area contributed by atoms with Crippen molar-refractivity contribution in [2.45, 2.75) is 37.5 Å². The van der Waals surface area contributed by atoms with Gasteiger partial charge in [0.05, 0.1) is 17.8 Å². The molecule has 2 aliphatic heterocycles. The van der Waals surface area contributed by atoms with Crippen molar-refractivity contribution >= 4 is 29.3 Å². The number of urea groups is 1. The topological polar surface area (TPSA) is 111 Å². The highest BCUT2D eigenvalue weighted by atomic mass is 16.3. The van der Waals surface area contributed by atoms with E-state index in [1.54, 1.807) is 29.3 Å². The minimum absolute atomic E-state index is 0.00111. The van der Waals surface area contributed by atoms with Crippen LogP contribution in [0.5, 0.6) is 0 Å². The van der Waals surface area contributed by atoms with Crippen LogP contribution < -0.4 is 20.4 Å². The number of aliphatic hydroxyl groups is 1. The summed E-state index contributed by atoms with van der Waals surface area (Å²) in [6.07, 6.45) is 3.24. The van der Waals surface area contributed by atoms with Crippen molar-refractivity contribution in [3.05, 3.63) is 42.2 Å². The largest absolute Gasteiger partial charge is 0.393 e. The van der Waals surface area contributed by atoms with Gasteiger partial charge in [-0.05, 0) is 43.5 Å². The molecular formula is C20H22N6O3. The van der Waals surface area contributed by atoms with E-state index in [1.807, 2.05) is 12.1 Å². The van der Waals surface area contributed by atoms with Crippen LogP contribution in [0.25, 0.3) is 0 Å². The third-order valence-corrected chi connectivity index (χ3v) is 5.75. The molecule has 1 saturated carbocycles. The summed E-state index contributed by atoms with van der Waals surface area (Å²) in [6.45, 7) is 1.59. The molecule has 0 aromatic carbocycles. The molecule has 3 N–H and O–H groups in total. The van der Waals surface area contributed by atoms with Crippen LogP contribution in [0.3, 0.4) is 0 Å². The zero-order valence-electron chi connectivity index (χ0n) is 15.8. The Labute approximate surface area is 167 Å². The molecule has 2 aromatic rings. The van der Waals surface area contributed by atoms with E-state index in [0.717, 1.165) is 25.2 Å². The van der Waals surface area contributed by atoms with Gasteiger partial charge < -0.3 is 15.3 Å². The van der Waals surface area contributed by atoms with Gasteiger partial charge in [-0.1, -0.05) is 6.07 Å². The second kappa shape index (κ2) is 7.00. The molecule has 4 heterocycles. The quantitative estimate of drug-likeness (QED) is 0.725. The van der Waals surface area contributed by atoms with Crippen molar-refractivity contribution < 1.29 is 14.7 Å². The van der Waals surface area contributed by atoms with E-state index in [9.17, 15) is 14.7 Å². The average molecular weight is 394 g/mol. The van der Waals surface area contributed by atoms with Crippen LogP contribution in [-0.2, 0) is 0 Å². The molecule has 1 unspecified atom stereocenters. The highest BCUT2D eigenvalue weighted by molar-refractivity contribution is 6.05. The number of nitrogens with zero attached hydrogens (tertiary/aromatic N) is 4. The van der Waals surface area contributed by atoms with Crippen LogP contribution in [0.1, 0.15) is 29.8 Å². The lowest BCUT2D eigenvalue weighted by Crippen LogP contribution is -2.49. The summed E-state index contributed by atoms with van der Waals surface area (Å²) in [7, 11) is 0. The molecule has 0 radical (unpaired) electrons. The minimum atomic E-state index is -0.342. The number of hydrogen-bond donors (Lipinski definition) is 3. The first-order valence-corrected chi connectivity index (χ1v) is 9.84. The van der Waals surface area contributed by atoms with E-state index in [4.69, 9.17) is 0 Å². The number of carbonyl (C=O) groups is 2. The van der Waals surface area contributed by atoms with Crippen molar-refractivity contribution in [3.8, 4) is 0 Å². The van der Waals surface area contributed by atoms with Crippen molar-refractivity contribution in [2.75, 3.05) is 28.2 Å². The highest BCUT2D eigenvalue weighted by Crippen LogP contribution is 2.39. The zero-order chi connectivity index (χ0) is 20.0. The SMILES string of the molecule is O=C(NC1CC(O)C1)c1ccc2c(n1)N(C(=O)Nc1ccccn1)C1CCN2C1. The summed E-state index contributed by atoms with van der Waals surface area (Å²) >= 11 is 0. The molecule has 3 aliphatic rings. The molecule has 1 aliphatic carbocycles. The van der Waals surface area contributed by atoms with Gasteiger partial charge in [0.1, 0.15) is 11.5 Å². The van der Waals surface area contributed by atoms with Gasteiger partial charge in [-0.25, -0.2) is 14.8 Å². The number of aliphatic hydroxyl groups excluding tert-OH is 1. The van der Waals surface area contributed by atoms with Gasteiger partial charge in [0.15, 0.2) is 5.82 Å². The summed E-state index contributed by atoms with van der Waals surface area (Å²) in [5.74, 6) is 0.674. The van der Waals surface area contributed by atoms with Crippen LogP contribution in [0.4, 0.5) is 22.1 Å². The molecule has 5 rings (SSSR count). The monoisotopic (exact) mass is 394 g/mol. The molecular weight excluding hydrogens is 372 g/mol. The summed E-state index contributed by atoms with van der Waals surface area (Å²) < 4.78 is 0. The van der Waals surface area contributed by atoms with E-state index in [-0.39, 0.29) is 35.8 Å². The van der Waals surface area contributed by atoms with Crippen LogP contribution in [0.2, 0.25) is 0 Å². The van der Waals surface area contributed by atoms with Gasteiger partial charge in [0, 0.05) is 25.3 Å². The first-order valence-electron chi connectivity index (χ1n) is 9.84. The van der Waals surface area contributed by atoms with Crippen LogP contribution in [0, 0.1) is 0 Å². The predicted molar refractivity (Wildman–Crippen MR) is 107 cm³/mol. The van der Waals surface area contributed by atoms with Crippen molar-refractivity contribution in [2.24, 2.45) is 0 Å². The fraction of sp³-hybridized carbons (Fsp3) is 0.400. The summed E-state index contributed by atoms with van der Waals surface area (Å²) in [5, 5.41) is 15.1. The molecule has 9 heteroatoms. The Balaban J connectivity index is 1.42. The van der Waals surface area contributed by atoms with E-state index in [1.165, 1.54) is 0 Å². The number of nitrogens with one attached hydrogen (secondary N) is 2. The van der Waals surface area contributed by atoms with E-state index in [0.29, 0.717) is 24.5 Å². The Kier molecular flexibility index (Phi) is 4.31. The lowest BCUT2D eigenvalue weighted by atomic mass is 9.89. The Morgan fingerprint density at radius 3 is 2.79 bits per heavy atom. The first kappa shape index (κ1) is 17.9. The smallest absolute Gasteiger partial charge is 0.329 e. The number of rotatable bonds is 3. The average Bonchev–Trinajstić information content (AvgIpc) is 3.11. The minimum Gasteiger partial charge on any atom is -0.393 e. The molecule has 150 valence electrons. The fourth-order valence-corrected chi connectivity index (χ4v) is 4.17. The van der Waals surface area contributed by atoms with Gasteiger partial charge in [-0.3, -0.25) is 15.0 Å². The third-order valence-electron chi connectivity index (χ3n) is 5.75. The lowest BCUT2D eigenvalue weighted by Gasteiger charge is -2.36. The molecule has 1 atom stereocenters. The lowest BCUT2D eigenvalue weighted by molar-refractivity contribution is 0.0560. The molecule has 2 bridgehead atoms. The Hall–Kier alpha value is -3.20. The van der Waals surface area contributed by atoms with Gasteiger partial charge in [0.2, 0.25) is 0 Å². The second-order valence-corrected chi connectivity index (χ2v) is 7.74. The number of fused-ring (bicyclic) bond motifs is 4. The maximum absolute atomic E-state index is 13.1. The highest BCUT2D eigenvalue weighted by Gasteiger charge is 2.40. The molecule has 0 spiro atoms. The Bertz CT molecular complexity index is 946. The first-order chi connectivity index (χ1) is 14.1. The summed E-state index contributed by atoms with van der Waals surface area (Å²) in [5.41, 5.74) is 1.12. The van der Waals surface area contributed by atoms with Gasteiger partial charge in [0.25, 0.3) is 5.91 Å². The van der Waals surface area contributed by atoms with Crippen molar-refractivity contribution in [1.29, 1.82) is 0 Å². The molecule has 2 aromatic heterocycles. The number of aromatic nitrogens is 2. The van der Waals surface area contributed by atoms with E-state index in [2.05, 4.69) is 25.5 Å². The molecule has 3 amide bonds. The van der Waals surface area contributed by atoms with Crippen LogP contribution in [0.15, 0.2) is 36.5 Å². The molecule has 1 saturated heterocycles. The van der Waals surface area contributed by atoms with Gasteiger partial charge in [-0.2, -0.15) is 0 Å². The van der Waals surface area contributed by atoms with E-state index < -0.39 is 0 Å². The molecule has 9 nitrogen and oxygen atoms in total. The third kappa shape index (κ3) is 3.27. The van der Waals surface area contributed by atoms with Gasteiger partial charge in [-0.15, -0.1) is 0 Å². The van der Waals surface area contributed by atoms with Crippen molar-refractivity contribution in [3.63, 3.8) is 0 Å². The number of hydrogen-bond acceptors (Lipinski definition) is 6. The maximum atomic E-state index is 13.1. The Morgan fingerprint density at radius 2 is 2.03 bits per heavy atom. The van der Waals surface area contributed by atoms with Crippen LogP contribution in [-0.4, -0.2) is 58.3 Å². The summed E-state index contributed by atoms with van der Waals surface area (Å²) in [4.78, 5) is 38.2. The molecule has 29 heavy (non-hydrogen) atoms. The number of anilines is 3. The zero-order valence-corrected chi connectivity index (χ0v) is 15.8. The fourth-order valence-electron chi connectivity index (χ4n) is 4.17. The van der Waals surface area contributed by atoms with Crippen LogP contribution >= 0.6 is 0 Å². The normalized spacial score (nSPS) is 24.5. The standard InChI is InChI=1S/C20H22N6O3/c27-14-9-12(10-14)22-19(28)15-4-5-16-18(23-15)26(13-6-8-25(16)11-13)20(29)24-17-3-1-2-7-21-17/h1-5,7,12-14,27H,6,8-11H2,(H,22,28)(H,21,24,29). The van der Waals surface area contributed by atoms with Gasteiger partial charge >= 0.3 is 6.03 Å². The maximum Gasteiger partial charge on any atom is 0.329 e. The second-order valence-electron chi connectivity index (χ2n) is 7.74. The summed E-state index contributed by atoms with van der Waals surface area (Å²) in [6, 6.07) is 8.54. The van der Waals surface area contributed by atoms with Crippen molar-refractivity contribution in [1.82, 2.24) is 15.3 Å². The number of amides is 3.